The number of aromatic nitrogens is 2. The molecular formula is C13H10Br2N2O2S. The molecule has 2 heterocycles. The number of H-pyrrole nitrogens is 2. The van der Waals surface area contributed by atoms with Crippen molar-refractivity contribution in [3.05, 3.63) is 49.0 Å². The van der Waals surface area contributed by atoms with Crippen molar-refractivity contribution in [2.45, 2.75) is 4.83 Å². The van der Waals surface area contributed by atoms with Gasteiger partial charge in [-0.05, 0) is 23.8 Å². The van der Waals surface area contributed by atoms with Crippen molar-refractivity contribution in [2.24, 2.45) is 0 Å². The first-order chi connectivity index (χ1) is 9.58. The van der Waals surface area contributed by atoms with E-state index in [1.807, 2.05) is 23.6 Å². The van der Waals surface area contributed by atoms with Gasteiger partial charge in [-0.3, -0.25) is 0 Å². The number of imidazole rings is 1. The summed E-state index contributed by atoms with van der Waals surface area (Å²) in [6.07, 6.45) is 0. The first-order valence-electron chi connectivity index (χ1n) is 5.76. The van der Waals surface area contributed by atoms with Crippen LogP contribution in [0.1, 0.15) is 15.3 Å². The van der Waals surface area contributed by atoms with Crippen LogP contribution in [0, 0.1) is 0 Å². The van der Waals surface area contributed by atoms with Crippen LogP contribution in [0.25, 0.3) is 11.0 Å². The van der Waals surface area contributed by atoms with E-state index in [-0.39, 0.29) is 10.5 Å². The number of aromatic amines is 2. The molecule has 1 unspecified atom stereocenters. The number of hydrogen-bond donors (Lipinski definition) is 2. The van der Waals surface area contributed by atoms with Crippen molar-refractivity contribution in [1.82, 2.24) is 9.97 Å². The zero-order valence-electron chi connectivity index (χ0n) is 10.4. The van der Waals surface area contributed by atoms with Crippen LogP contribution in [0.4, 0.5) is 0 Å². The van der Waals surface area contributed by atoms with E-state index in [4.69, 9.17) is 4.74 Å². The molecule has 2 N–H and O–H groups in total. The lowest BCUT2D eigenvalue weighted by atomic mass is 10.1. The number of alkyl halides is 1. The smallest absolute Gasteiger partial charge is 0.323 e. The third kappa shape index (κ3) is 2.45. The number of nitrogens with one attached hydrogen (secondary N) is 2. The molecule has 0 spiro atoms. The van der Waals surface area contributed by atoms with E-state index in [0.29, 0.717) is 0 Å². The van der Waals surface area contributed by atoms with Gasteiger partial charge >= 0.3 is 5.69 Å². The average molecular weight is 418 g/mol. The highest BCUT2D eigenvalue weighted by atomic mass is 79.9. The fourth-order valence-electron chi connectivity index (χ4n) is 1.99. The molecule has 1 aromatic carbocycles. The standard InChI is InChI=1S/C13H10Br2N2O2S/c1-19-6-2-11(20-5-6)12(15)7-3-9-10(4-8(7)14)17-13(18)16-9/h2-5,12H,1H3,(H2,16,17,18). The quantitative estimate of drug-likeness (QED) is 0.628. The molecule has 0 aliphatic rings. The minimum atomic E-state index is -0.201. The van der Waals surface area contributed by atoms with Gasteiger partial charge in [0.1, 0.15) is 5.75 Å². The van der Waals surface area contributed by atoms with Gasteiger partial charge in [0.2, 0.25) is 0 Å². The van der Waals surface area contributed by atoms with Gasteiger partial charge in [0.25, 0.3) is 0 Å². The first-order valence-corrected chi connectivity index (χ1v) is 8.35. The summed E-state index contributed by atoms with van der Waals surface area (Å²) in [7, 11) is 1.65. The Bertz CT molecular complexity index is 821. The largest absolute Gasteiger partial charge is 0.496 e. The van der Waals surface area contributed by atoms with Gasteiger partial charge in [-0.25, -0.2) is 4.79 Å². The Balaban J connectivity index is 2.07. The van der Waals surface area contributed by atoms with E-state index in [2.05, 4.69) is 41.8 Å². The van der Waals surface area contributed by atoms with Crippen LogP contribution >= 0.6 is 43.2 Å². The lowest BCUT2D eigenvalue weighted by Crippen LogP contribution is -1.99. The summed E-state index contributed by atoms with van der Waals surface area (Å²) in [6.45, 7) is 0. The molecule has 3 aromatic rings. The monoisotopic (exact) mass is 416 g/mol. The first kappa shape index (κ1) is 13.9. The fourth-order valence-corrected chi connectivity index (χ4v) is 4.56. The number of halogens is 2. The Kier molecular flexibility index (Phi) is 3.74. The molecule has 4 nitrogen and oxygen atoms in total. The summed E-state index contributed by atoms with van der Waals surface area (Å²) in [4.78, 5) is 18.0. The van der Waals surface area contributed by atoms with Crippen molar-refractivity contribution >= 4 is 54.2 Å². The zero-order valence-corrected chi connectivity index (χ0v) is 14.4. The highest BCUT2D eigenvalue weighted by Crippen LogP contribution is 2.40. The number of thiophene rings is 1. The maximum Gasteiger partial charge on any atom is 0.323 e. The SMILES string of the molecule is COc1csc(C(Br)c2cc3[nH]c(=O)[nH]c3cc2Br)c1. The van der Waals surface area contributed by atoms with Crippen molar-refractivity contribution in [1.29, 1.82) is 0 Å². The molecule has 2 aromatic heterocycles. The minimum absolute atomic E-state index is 0.0357. The van der Waals surface area contributed by atoms with Gasteiger partial charge in [0.15, 0.2) is 0 Å². The highest BCUT2D eigenvalue weighted by molar-refractivity contribution is 9.11. The van der Waals surface area contributed by atoms with Crippen LogP contribution in [0.15, 0.2) is 32.8 Å². The van der Waals surface area contributed by atoms with Crippen LogP contribution in [-0.4, -0.2) is 17.1 Å². The number of fused-ring (bicyclic) bond motifs is 1. The molecule has 0 radical (unpaired) electrons. The van der Waals surface area contributed by atoms with E-state index in [1.54, 1.807) is 18.4 Å². The van der Waals surface area contributed by atoms with Crippen LogP contribution in [0.3, 0.4) is 0 Å². The fraction of sp³-hybridized carbons (Fsp3) is 0.154. The summed E-state index contributed by atoms with van der Waals surface area (Å²) in [5.41, 5.74) is 2.43. The van der Waals surface area contributed by atoms with Gasteiger partial charge < -0.3 is 14.7 Å². The molecule has 20 heavy (non-hydrogen) atoms. The summed E-state index contributed by atoms with van der Waals surface area (Å²) < 4.78 is 6.15. The summed E-state index contributed by atoms with van der Waals surface area (Å²) in [5, 5.41) is 1.97. The van der Waals surface area contributed by atoms with Crippen molar-refractivity contribution in [2.75, 3.05) is 7.11 Å². The topological polar surface area (TPSA) is 57.9 Å². The minimum Gasteiger partial charge on any atom is -0.496 e. The van der Waals surface area contributed by atoms with E-state index < -0.39 is 0 Å². The van der Waals surface area contributed by atoms with Crippen LogP contribution in [0.2, 0.25) is 0 Å². The van der Waals surface area contributed by atoms with Crippen LogP contribution in [0.5, 0.6) is 5.75 Å². The Morgan fingerprint density at radius 1 is 1.25 bits per heavy atom. The second kappa shape index (κ2) is 5.38. The second-order valence-electron chi connectivity index (χ2n) is 4.25. The van der Waals surface area contributed by atoms with Gasteiger partial charge in [-0.2, -0.15) is 0 Å². The lowest BCUT2D eigenvalue weighted by Gasteiger charge is -2.10. The Morgan fingerprint density at radius 3 is 2.60 bits per heavy atom. The molecule has 0 aliphatic heterocycles. The van der Waals surface area contributed by atoms with Crippen molar-refractivity contribution in [3.8, 4) is 5.75 Å². The van der Waals surface area contributed by atoms with Crippen molar-refractivity contribution < 1.29 is 4.74 Å². The number of rotatable bonds is 3. The third-order valence-corrected chi connectivity index (χ3v) is 5.94. The molecule has 1 atom stereocenters. The third-order valence-electron chi connectivity index (χ3n) is 2.99. The van der Waals surface area contributed by atoms with E-state index in [1.165, 1.54) is 0 Å². The maximum absolute atomic E-state index is 11.3. The van der Waals surface area contributed by atoms with Crippen molar-refractivity contribution in [3.63, 3.8) is 0 Å². The van der Waals surface area contributed by atoms with E-state index in [9.17, 15) is 4.79 Å². The lowest BCUT2D eigenvalue weighted by molar-refractivity contribution is 0.416. The molecule has 0 bridgehead atoms. The zero-order chi connectivity index (χ0) is 14.3. The predicted octanol–water partition coefficient (Wildman–Crippen LogP) is 4.17. The van der Waals surface area contributed by atoms with Gasteiger partial charge in [-0.1, -0.05) is 31.9 Å². The summed E-state index contributed by atoms with van der Waals surface area (Å²) in [6, 6.07) is 5.87. The second-order valence-corrected chi connectivity index (χ2v) is 6.96. The molecule has 7 heteroatoms. The molecule has 0 saturated carbocycles. The highest BCUT2D eigenvalue weighted by Gasteiger charge is 2.17. The summed E-state index contributed by atoms with van der Waals surface area (Å²) in [5.74, 6) is 0.849. The predicted molar refractivity (Wildman–Crippen MR) is 88.3 cm³/mol. The van der Waals surface area contributed by atoms with Crippen LogP contribution < -0.4 is 10.4 Å². The number of benzene rings is 1. The van der Waals surface area contributed by atoms with E-state index >= 15 is 0 Å². The Morgan fingerprint density at radius 2 is 1.95 bits per heavy atom. The Hall–Kier alpha value is -1.05. The van der Waals surface area contributed by atoms with Gasteiger partial charge in [-0.15, -0.1) is 11.3 Å². The molecular weight excluding hydrogens is 408 g/mol. The van der Waals surface area contributed by atoms with E-state index in [0.717, 1.165) is 31.7 Å². The number of ether oxygens (including phenoxy) is 1. The Labute approximate surface area is 135 Å². The van der Waals surface area contributed by atoms with Gasteiger partial charge in [0, 0.05) is 14.7 Å². The van der Waals surface area contributed by atoms with Crippen LogP contribution in [-0.2, 0) is 0 Å². The molecule has 0 fully saturated rings. The normalized spacial score (nSPS) is 12.8. The molecule has 104 valence electrons. The summed E-state index contributed by atoms with van der Waals surface area (Å²) >= 11 is 8.88. The molecule has 0 amide bonds. The molecule has 0 aliphatic carbocycles. The molecule has 3 rings (SSSR count). The van der Waals surface area contributed by atoms with Gasteiger partial charge in [0.05, 0.1) is 23.0 Å². The number of hydrogen-bond acceptors (Lipinski definition) is 3. The number of methoxy groups -OCH3 is 1. The molecule has 0 saturated heterocycles. The maximum atomic E-state index is 11.3. The average Bonchev–Trinajstić information content (AvgIpc) is 3.02.